The van der Waals surface area contributed by atoms with Gasteiger partial charge in [0.1, 0.15) is 0 Å². The third-order valence-electron chi connectivity index (χ3n) is 3.14. The average molecular weight is 259 g/mol. The van der Waals surface area contributed by atoms with Crippen molar-refractivity contribution < 1.29 is 14.5 Å². The van der Waals surface area contributed by atoms with Crippen LogP contribution in [0, 0.1) is 15.5 Å². The van der Waals surface area contributed by atoms with Gasteiger partial charge in [-0.15, -0.1) is 0 Å². The Morgan fingerprint density at radius 2 is 1.94 bits per heavy atom. The van der Waals surface area contributed by atoms with Crippen LogP contribution in [-0.2, 0) is 9.53 Å². The number of nitro groups is 1. The van der Waals surface area contributed by atoms with Crippen LogP contribution in [-0.4, -0.2) is 23.5 Å². The molecule has 0 saturated carbocycles. The first-order chi connectivity index (χ1) is 8.35. The Bertz CT molecular complexity index is 276. The van der Waals surface area contributed by atoms with E-state index in [2.05, 4.69) is 6.92 Å². The van der Waals surface area contributed by atoms with E-state index in [1.807, 2.05) is 0 Å². The number of ether oxygens (including phenoxy) is 1. The maximum atomic E-state index is 11.5. The molecule has 0 radical (unpaired) electrons. The summed E-state index contributed by atoms with van der Waals surface area (Å²) in [5, 5.41) is 11.1. The Hall–Kier alpha value is -1.13. The predicted molar refractivity (Wildman–Crippen MR) is 70.0 cm³/mol. The van der Waals surface area contributed by atoms with E-state index >= 15 is 0 Å². The molecule has 0 aromatic heterocycles. The van der Waals surface area contributed by atoms with Crippen molar-refractivity contribution in [3.05, 3.63) is 10.1 Å². The van der Waals surface area contributed by atoms with Crippen molar-refractivity contribution in [1.82, 2.24) is 0 Å². The van der Waals surface area contributed by atoms with Crippen molar-refractivity contribution >= 4 is 5.97 Å². The monoisotopic (exact) mass is 259 g/mol. The topological polar surface area (TPSA) is 69.4 Å². The largest absolute Gasteiger partial charge is 0.466 e. The number of nitrogens with zero attached hydrogens (tertiary/aromatic N) is 1. The van der Waals surface area contributed by atoms with E-state index in [1.54, 1.807) is 20.8 Å². The van der Waals surface area contributed by atoms with Crippen LogP contribution in [0.5, 0.6) is 0 Å². The van der Waals surface area contributed by atoms with Crippen LogP contribution in [0.2, 0.25) is 0 Å². The first-order valence-corrected chi connectivity index (χ1v) is 6.64. The Labute approximate surface area is 109 Å². The summed E-state index contributed by atoms with van der Waals surface area (Å²) in [6.45, 7) is 7.64. The molecule has 0 rings (SSSR count). The van der Waals surface area contributed by atoms with Gasteiger partial charge in [-0.05, 0) is 13.3 Å². The van der Waals surface area contributed by atoms with E-state index < -0.39 is 11.5 Å². The van der Waals surface area contributed by atoms with Gasteiger partial charge in [0.2, 0.25) is 6.04 Å². The molecule has 0 spiro atoms. The Balaban J connectivity index is 4.54. The van der Waals surface area contributed by atoms with Gasteiger partial charge in [-0.25, -0.2) is 0 Å². The summed E-state index contributed by atoms with van der Waals surface area (Å²) in [4.78, 5) is 22.3. The van der Waals surface area contributed by atoms with E-state index in [9.17, 15) is 14.9 Å². The molecule has 0 aliphatic rings. The van der Waals surface area contributed by atoms with Crippen LogP contribution in [0.1, 0.15) is 59.8 Å². The van der Waals surface area contributed by atoms with Crippen molar-refractivity contribution in [2.24, 2.45) is 5.41 Å². The van der Waals surface area contributed by atoms with E-state index in [4.69, 9.17) is 4.74 Å². The minimum absolute atomic E-state index is 0.0958. The Morgan fingerprint density at radius 1 is 1.33 bits per heavy atom. The Kier molecular flexibility index (Phi) is 7.55. The normalized spacial score (nSPS) is 13.1. The lowest BCUT2D eigenvalue weighted by molar-refractivity contribution is -0.541. The molecule has 0 fully saturated rings. The summed E-state index contributed by atoms with van der Waals surface area (Å²) in [6, 6.07) is -0.687. The predicted octanol–water partition coefficient (Wildman–Crippen LogP) is 3.19. The van der Waals surface area contributed by atoms with Gasteiger partial charge in [-0.1, -0.05) is 33.6 Å². The molecule has 5 heteroatoms. The van der Waals surface area contributed by atoms with E-state index in [0.717, 1.165) is 19.3 Å². The summed E-state index contributed by atoms with van der Waals surface area (Å²) in [5.74, 6) is -0.357. The lowest BCUT2D eigenvalue weighted by Gasteiger charge is -2.27. The fraction of sp³-hybridized carbons (Fsp3) is 0.923. The third kappa shape index (κ3) is 5.98. The smallest absolute Gasteiger partial charge is 0.306 e. The van der Waals surface area contributed by atoms with Gasteiger partial charge < -0.3 is 4.74 Å². The molecule has 0 aromatic rings. The molecule has 106 valence electrons. The summed E-state index contributed by atoms with van der Waals surface area (Å²) >= 11 is 0. The lowest BCUT2D eigenvalue weighted by Crippen LogP contribution is -2.38. The van der Waals surface area contributed by atoms with Gasteiger partial charge in [0.05, 0.1) is 13.0 Å². The maximum absolute atomic E-state index is 11.5. The lowest BCUT2D eigenvalue weighted by atomic mass is 9.79. The fourth-order valence-corrected chi connectivity index (χ4v) is 2.07. The van der Waals surface area contributed by atoms with Crippen LogP contribution in [0.25, 0.3) is 0 Å². The number of unbranched alkanes of at least 4 members (excludes halogenated alkanes) is 2. The van der Waals surface area contributed by atoms with Crippen molar-refractivity contribution in [2.45, 2.75) is 65.8 Å². The van der Waals surface area contributed by atoms with E-state index in [1.165, 1.54) is 0 Å². The van der Waals surface area contributed by atoms with Gasteiger partial charge in [0.15, 0.2) is 0 Å². The second kappa shape index (κ2) is 8.06. The standard InChI is InChI=1S/C13H25NO4/c1-5-7-8-9-11(14(16)17)13(3,4)10-12(15)18-6-2/h11H,5-10H2,1-4H3/t11-/m0/s1. The highest BCUT2D eigenvalue weighted by Crippen LogP contribution is 2.31. The molecule has 5 nitrogen and oxygen atoms in total. The van der Waals surface area contributed by atoms with Crippen LogP contribution in [0.15, 0.2) is 0 Å². The molecule has 0 bridgehead atoms. The SMILES string of the molecule is CCCCC[C@H]([N+](=O)[O-])C(C)(C)CC(=O)OCC. The Morgan fingerprint density at radius 3 is 2.39 bits per heavy atom. The summed E-state index contributed by atoms with van der Waals surface area (Å²) in [6.07, 6.45) is 3.46. The highest BCUT2D eigenvalue weighted by Gasteiger charge is 2.40. The molecule has 0 heterocycles. The van der Waals surface area contributed by atoms with E-state index in [-0.39, 0.29) is 17.3 Å². The number of rotatable bonds is 9. The highest BCUT2D eigenvalue weighted by atomic mass is 16.6. The van der Waals surface area contributed by atoms with Crippen LogP contribution in [0.3, 0.4) is 0 Å². The van der Waals surface area contributed by atoms with Gasteiger partial charge in [-0.3, -0.25) is 14.9 Å². The molecule has 0 aliphatic carbocycles. The molecule has 0 aliphatic heterocycles. The number of hydrogen-bond acceptors (Lipinski definition) is 4. The number of carbonyl (C=O) groups excluding carboxylic acids is 1. The highest BCUT2D eigenvalue weighted by molar-refractivity contribution is 5.70. The molecule has 0 saturated heterocycles. The second-order valence-corrected chi connectivity index (χ2v) is 5.27. The third-order valence-corrected chi connectivity index (χ3v) is 3.14. The quantitative estimate of drug-likeness (QED) is 0.276. The molecule has 0 aromatic carbocycles. The number of hydrogen-bond donors (Lipinski definition) is 0. The molecule has 0 unspecified atom stereocenters. The maximum Gasteiger partial charge on any atom is 0.306 e. The molecular weight excluding hydrogens is 234 g/mol. The van der Waals surface area contributed by atoms with Crippen LogP contribution < -0.4 is 0 Å². The van der Waals surface area contributed by atoms with Crippen molar-refractivity contribution in [1.29, 1.82) is 0 Å². The van der Waals surface area contributed by atoms with E-state index in [0.29, 0.717) is 13.0 Å². The van der Waals surface area contributed by atoms with Crippen molar-refractivity contribution in [3.63, 3.8) is 0 Å². The van der Waals surface area contributed by atoms with Gasteiger partial charge in [0, 0.05) is 16.8 Å². The minimum Gasteiger partial charge on any atom is -0.466 e. The minimum atomic E-state index is -0.687. The summed E-state index contributed by atoms with van der Waals surface area (Å²) in [7, 11) is 0. The zero-order chi connectivity index (χ0) is 14.2. The molecule has 1 atom stereocenters. The molecule has 0 N–H and O–H groups in total. The number of carbonyl (C=O) groups is 1. The zero-order valence-electron chi connectivity index (χ0n) is 11.9. The fourth-order valence-electron chi connectivity index (χ4n) is 2.07. The van der Waals surface area contributed by atoms with Gasteiger partial charge >= 0.3 is 5.97 Å². The van der Waals surface area contributed by atoms with Gasteiger partial charge in [-0.2, -0.15) is 0 Å². The van der Waals surface area contributed by atoms with Crippen LogP contribution >= 0.6 is 0 Å². The first-order valence-electron chi connectivity index (χ1n) is 6.64. The molecule has 0 amide bonds. The second-order valence-electron chi connectivity index (χ2n) is 5.27. The van der Waals surface area contributed by atoms with Crippen molar-refractivity contribution in [3.8, 4) is 0 Å². The molecule has 18 heavy (non-hydrogen) atoms. The zero-order valence-corrected chi connectivity index (χ0v) is 11.9. The number of esters is 1. The summed E-state index contributed by atoms with van der Waals surface area (Å²) in [5.41, 5.74) is -0.663. The molecular formula is C13H25NO4. The first kappa shape index (κ1) is 16.9. The van der Waals surface area contributed by atoms with Gasteiger partial charge in [0.25, 0.3) is 0 Å². The van der Waals surface area contributed by atoms with Crippen molar-refractivity contribution in [2.75, 3.05) is 6.61 Å². The average Bonchev–Trinajstić information content (AvgIpc) is 2.22. The van der Waals surface area contributed by atoms with Crippen LogP contribution in [0.4, 0.5) is 0 Å². The summed E-state index contributed by atoms with van der Waals surface area (Å²) < 4.78 is 4.87.